The van der Waals surface area contributed by atoms with Gasteiger partial charge in [0.1, 0.15) is 11.0 Å². The standard InChI is InChI=1S/C14H15ClN4O/c1-3-17-13-8-10(7-12(15)18-13)14(20)19(2)11-5-4-6-16-9-11/h4-9H,3H2,1-2H3,(H,17,18). The molecule has 6 heteroatoms. The number of rotatable bonds is 4. The van der Waals surface area contributed by atoms with Gasteiger partial charge in [0, 0.05) is 25.4 Å². The fourth-order valence-electron chi connectivity index (χ4n) is 1.76. The molecule has 1 amide bonds. The zero-order valence-electron chi connectivity index (χ0n) is 11.3. The van der Waals surface area contributed by atoms with Crippen LogP contribution in [0.4, 0.5) is 11.5 Å². The lowest BCUT2D eigenvalue weighted by molar-refractivity contribution is 0.0993. The number of aromatic nitrogens is 2. The molecule has 0 radical (unpaired) electrons. The highest BCUT2D eigenvalue weighted by molar-refractivity contribution is 6.30. The first-order valence-corrected chi connectivity index (χ1v) is 6.59. The monoisotopic (exact) mass is 290 g/mol. The van der Waals surface area contributed by atoms with E-state index in [9.17, 15) is 4.79 Å². The van der Waals surface area contributed by atoms with Crippen LogP contribution in [0.5, 0.6) is 0 Å². The van der Waals surface area contributed by atoms with Gasteiger partial charge in [-0.15, -0.1) is 0 Å². The summed E-state index contributed by atoms with van der Waals surface area (Å²) in [4.78, 5) is 22.1. The van der Waals surface area contributed by atoms with Gasteiger partial charge in [0.05, 0.1) is 11.9 Å². The number of carbonyl (C=O) groups is 1. The van der Waals surface area contributed by atoms with Crippen LogP contribution in [0, 0.1) is 0 Å². The molecule has 0 saturated carbocycles. The fourth-order valence-corrected chi connectivity index (χ4v) is 1.96. The maximum atomic E-state index is 12.4. The van der Waals surface area contributed by atoms with Gasteiger partial charge in [-0.2, -0.15) is 0 Å². The van der Waals surface area contributed by atoms with E-state index in [0.29, 0.717) is 17.9 Å². The van der Waals surface area contributed by atoms with Crippen LogP contribution >= 0.6 is 11.6 Å². The third kappa shape index (κ3) is 3.24. The zero-order chi connectivity index (χ0) is 14.5. The number of nitrogens with one attached hydrogen (secondary N) is 1. The van der Waals surface area contributed by atoms with Crippen molar-refractivity contribution in [3.8, 4) is 0 Å². The Morgan fingerprint density at radius 2 is 2.25 bits per heavy atom. The van der Waals surface area contributed by atoms with Gasteiger partial charge in [-0.1, -0.05) is 11.6 Å². The molecule has 0 bridgehead atoms. The van der Waals surface area contributed by atoms with Crippen molar-refractivity contribution in [3.63, 3.8) is 0 Å². The largest absolute Gasteiger partial charge is 0.370 e. The molecule has 0 aliphatic heterocycles. The number of hydrogen-bond acceptors (Lipinski definition) is 4. The highest BCUT2D eigenvalue weighted by Gasteiger charge is 2.15. The molecular weight excluding hydrogens is 276 g/mol. The molecular formula is C14H15ClN4O. The molecule has 2 heterocycles. The number of hydrogen-bond donors (Lipinski definition) is 1. The molecule has 20 heavy (non-hydrogen) atoms. The molecule has 0 fully saturated rings. The maximum absolute atomic E-state index is 12.4. The van der Waals surface area contributed by atoms with E-state index >= 15 is 0 Å². The molecule has 0 aliphatic rings. The summed E-state index contributed by atoms with van der Waals surface area (Å²) in [7, 11) is 1.70. The van der Waals surface area contributed by atoms with E-state index in [0.717, 1.165) is 5.69 Å². The van der Waals surface area contributed by atoms with Crippen LogP contribution in [0.25, 0.3) is 0 Å². The Labute approximate surface area is 122 Å². The van der Waals surface area contributed by atoms with Crippen LogP contribution in [0.15, 0.2) is 36.7 Å². The highest BCUT2D eigenvalue weighted by atomic mass is 35.5. The van der Waals surface area contributed by atoms with Crippen LogP contribution in [-0.4, -0.2) is 29.5 Å². The minimum atomic E-state index is -0.165. The summed E-state index contributed by atoms with van der Waals surface area (Å²) in [5.41, 5.74) is 1.20. The van der Waals surface area contributed by atoms with Crippen LogP contribution in [0.1, 0.15) is 17.3 Å². The lowest BCUT2D eigenvalue weighted by Gasteiger charge is -2.17. The number of pyridine rings is 2. The molecule has 1 N–H and O–H groups in total. The van der Waals surface area contributed by atoms with Gasteiger partial charge in [0.25, 0.3) is 5.91 Å². The normalized spacial score (nSPS) is 10.2. The van der Waals surface area contributed by atoms with Crippen molar-refractivity contribution in [2.45, 2.75) is 6.92 Å². The number of carbonyl (C=O) groups excluding carboxylic acids is 1. The molecule has 2 aromatic rings. The zero-order valence-corrected chi connectivity index (χ0v) is 12.1. The number of amides is 1. The average Bonchev–Trinajstić information content (AvgIpc) is 2.46. The van der Waals surface area contributed by atoms with Crippen LogP contribution < -0.4 is 10.2 Å². The molecule has 0 aromatic carbocycles. The van der Waals surface area contributed by atoms with Crippen molar-refractivity contribution in [2.75, 3.05) is 23.8 Å². The summed E-state index contributed by atoms with van der Waals surface area (Å²) in [5, 5.41) is 3.33. The van der Waals surface area contributed by atoms with Crippen molar-refractivity contribution in [2.24, 2.45) is 0 Å². The summed E-state index contributed by atoms with van der Waals surface area (Å²) in [6.07, 6.45) is 3.29. The molecule has 0 unspecified atom stereocenters. The van der Waals surface area contributed by atoms with Crippen molar-refractivity contribution >= 4 is 29.0 Å². The molecule has 0 saturated heterocycles. The fraction of sp³-hybridized carbons (Fsp3) is 0.214. The molecule has 0 atom stereocenters. The summed E-state index contributed by atoms with van der Waals surface area (Å²) in [6.45, 7) is 2.66. The van der Waals surface area contributed by atoms with E-state index in [4.69, 9.17) is 11.6 Å². The summed E-state index contributed by atoms with van der Waals surface area (Å²) < 4.78 is 0. The van der Waals surface area contributed by atoms with Gasteiger partial charge in [0.2, 0.25) is 0 Å². The number of anilines is 2. The van der Waals surface area contributed by atoms with E-state index in [1.165, 1.54) is 4.90 Å². The topological polar surface area (TPSA) is 58.1 Å². The molecule has 0 spiro atoms. The quantitative estimate of drug-likeness (QED) is 0.880. The Hall–Kier alpha value is -2.14. The third-order valence-electron chi connectivity index (χ3n) is 2.74. The van der Waals surface area contributed by atoms with Crippen molar-refractivity contribution in [1.29, 1.82) is 0 Å². The molecule has 2 rings (SSSR count). The van der Waals surface area contributed by atoms with E-state index in [1.807, 2.05) is 13.0 Å². The van der Waals surface area contributed by atoms with Gasteiger partial charge in [-0.3, -0.25) is 9.78 Å². The second kappa shape index (κ2) is 6.34. The van der Waals surface area contributed by atoms with Gasteiger partial charge in [0.15, 0.2) is 0 Å². The Bertz CT molecular complexity index is 603. The Morgan fingerprint density at radius 3 is 2.90 bits per heavy atom. The Balaban J connectivity index is 2.29. The number of halogens is 1. The predicted molar refractivity (Wildman–Crippen MR) is 80.4 cm³/mol. The lowest BCUT2D eigenvalue weighted by atomic mass is 10.2. The van der Waals surface area contributed by atoms with Crippen molar-refractivity contribution in [1.82, 2.24) is 9.97 Å². The van der Waals surface area contributed by atoms with E-state index in [-0.39, 0.29) is 11.1 Å². The summed E-state index contributed by atoms with van der Waals surface area (Å²) in [6, 6.07) is 6.84. The maximum Gasteiger partial charge on any atom is 0.258 e. The molecule has 0 aliphatic carbocycles. The minimum absolute atomic E-state index is 0.165. The first kappa shape index (κ1) is 14.3. The second-order valence-corrected chi connectivity index (χ2v) is 4.56. The minimum Gasteiger partial charge on any atom is -0.370 e. The van der Waals surface area contributed by atoms with Gasteiger partial charge < -0.3 is 10.2 Å². The first-order valence-electron chi connectivity index (χ1n) is 6.21. The van der Waals surface area contributed by atoms with Gasteiger partial charge in [-0.05, 0) is 31.2 Å². The lowest BCUT2D eigenvalue weighted by Crippen LogP contribution is -2.26. The smallest absolute Gasteiger partial charge is 0.258 e. The summed E-state index contributed by atoms with van der Waals surface area (Å²) in [5.74, 6) is 0.421. The van der Waals surface area contributed by atoms with Crippen molar-refractivity contribution in [3.05, 3.63) is 47.4 Å². The van der Waals surface area contributed by atoms with E-state index < -0.39 is 0 Å². The highest BCUT2D eigenvalue weighted by Crippen LogP contribution is 2.18. The number of nitrogens with zero attached hydrogens (tertiary/aromatic N) is 3. The van der Waals surface area contributed by atoms with Gasteiger partial charge in [-0.25, -0.2) is 4.98 Å². The van der Waals surface area contributed by atoms with Crippen molar-refractivity contribution < 1.29 is 4.79 Å². The summed E-state index contributed by atoms with van der Waals surface area (Å²) >= 11 is 5.95. The van der Waals surface area contributed by atoms with E-state index in [2.05, 4.69) is 15.3 Å². The predicted octanol–water partition coefficient (Wildman–Crippen LogP) is 2.84. The van der Waals surface area contributed by atoms with E-state index in [1.54, 1.807) is 37.6 Å². The van der Waals surface area contributed by atoms with Crippen LogP contribution in [0.2, 0.25) is 5.15 Å². The molecule has 5 nitrogen and oxygen atoms in total. The molecule has 104 valence electrons. The second-order valence-electron chi connectivity index (χ2n) is 4.17. The molecule has 2 aromatic heterocycles. The van der Waals surface area contributed by atoms with Gasteiger partial charge >= 0.3 is 0 Å². The Kier molecular flexibility index (Phi) is 4.53. The van der Waals surface area contributed by atoms with Crippen LogP contribution in [0.3, 0.4) is 0 Å². The third-order valence-corrected chi connectivity index (χ3v) is 2.93. The SMILES string of the molecule is CCNc1cc(C(=O)N(C)c2cccnc2)cc(Cl)n1. The first-order chi connectivity index (χ1) is 9.61. The Morgan fingerprint density at radius 1 is 1.45 bits per heavy atom. The van der Waals surface area contributed by atoms with Crippen LogP contribution in [-0.2, 0) is 0 Å². The average molecular weight is 291 g/mol.